The summed E-state index contributed by atoms with van der Waals surface area (Å²) in [4.78, 5) is 4.45. The van der Waals surface area contributed by atoms with E-state index in [1.54, 1.807) is 0 Å². The highest BCUT2D eigenvalue weighted by atomic mass is 14.9. The molecule has 1 aromatic carbocycles. The third-order valence-electron chi connectivity index (χ3n) is 3.27. The molecule has 2 rings (SSSR count). The average Bonchev–Trinajstić information content (AvgIpc) is 2.84. The van der Waals surface area contributed by atoms with Crippen LogP contribution >= 0.6 is 0 Å². The van der Waals surface area contributed by atoms with Crippen molar-refractivity contribution in [1.82, 2.24) is 0 Å². The first kappa shape index (κ1) is 10.2. The Morgan fingerprint density at radius 1 is 1.40 bits per heavy atom. The molecule has 2 N–H and O–H groups in total. The van der Waals surface area contributed by atoms with E-state index in [2.05, 4.69) is 18.8 Å². The fourth-order valence-corrected chi connectivity index (χ4v) is 1.80. The SMILES string of the molecule is CC1(C)CC1CN=C(N)c1ccccc1. The van der Waals surface area contributed by atoms with Crippen molar-refractivity contribution in [3.05, 3.63) is 35.9 Å². The van der Waals surface area contributed by atoms with Gasteiger partial charge in [-0.25, -0.2) is 0 Å². The molecule has 0 amide bonds. The van der Waals surface area contributed by atoms with Crippen molar-refractivity contribution >= 4 is 5.84 Å². The monoisotopic (exact) mass is 202 g/mol. The third kappa shape index (κ3) is 2.38. The smallest absolute Gasteiger partial charge is 0.125 e. The zero-order valence-corrected chi connectivity index (χ0v) is 9.40. The number of hydrogen-bond acceptors (Lipinski definition) is 1. The van der Waals surface area contributed by atoms with Gasteiger partial charge in [0.25, 0.3) is 0 Å². The summed E-state index contributed by atoms with van der Waals surface area (Å²) < 4.78 is 0. The van der Waals surface area contributed by atoms with Crippen LogP contribution in [0.25, 0.3) is 0 Å². The summed E-state index contributed by atoms with van der Waals surface area (Å²) in [6.45, 7) is 5.44. The normalized spacial score (nSPS) is 23.9. The molecule has 0 bridgehead atoms. The second-order valence-electron chi connectivity index (χ2n) is 4.98. The largest absolute Gasteiger partial charge is 0.384 e. The molecule has 0 saturated heterocycles. The summed E-state index contributed by atoms with van der Waals surface area (Å²) in [5.41, 5.74) is 7.42. The van der Waals surface area contributed by atoms with Crippen LogP contribution < -0.4 is 5.73 Å². The molecule has 1 aliphatic rings. The van der Waals surface area contributed by atoms with E-state index >= 15 is 0 Å². The molecule has 1 aliphatic carbocycles. The molecule has 2 nitrogen and oxygen atoms in total. The van der Waals surface area contributed by atoms with Gasteiger partial charge in [-0.05, 0) is 17.8 Å². The molecule has 0 aliphatic heterocycles. The molecule has 1 saturated carbocycles. The van der Waals surface area contributed by atoms with E-state index in [0.29, 0.717) is 11.3 Å². The molecule has 0 spiro atoms. The first-order valence-electron chi connectivity index (χ1n) is 5.45. The summed E-state index contributed by atoms with van der Waals surface area (Å²) in [7, 11) is 0. The number of benzene rings is 1. The second kappa shape index (κ2) is 3.69. The van der Waals surface area contributed by atoms with Gasteiger partial charge in [0.05, 0.1) is 0 Å². The number of hydrogen-bond donors (Lipinski definition) is 1. The van der Waals surface area contributed by atoms with Gasteiger partial charge in [-0.1, -0.05) is 44.2 Å². The van der Waals surface area contributed by atoms with Gasteiger partial charge in [-0.3, -0.25) is 4.99 Å². The van der Waals surface area contributed by atoms with Gasteiger partial charge in [-0.2, -0.15) is 0 Å². The maximum Gasteiger partial charge on any atom is 0.125 e. The Morgan fingerprint density at radius 3 is 2.53 bits per heavy atom. The lowest BCUT2D eigenvalue weighted by Gasteiger charge is -2.02. The van der Waals surface area contributed by atoms with Crippen LogP contribution in [0.4, 0.5) is 0 Å². The molecule has 1 aromatic rings. The molecular formula is C13H18N2. The second-order valence-corrected chi connectivity index (χ2v) is 4.98. The summed E-state index contributed by atoms with van der Waals surface area (Å²) in [5, 5.41) is 0. The number of nitrogens with zero attached hydrogens (tertiary/aromatic N) is 1. The van der Waals surface area contributed by atoms with Gasteiger partial charge in [0.15, 0.2) is 0 Å². The van der Waals surface area contributed by atoms with Gasteiger partial charge in [0.1, 0.15) is 5.84 Å². The van der Waals surface area contributed by atoms with E-state index < -0.39 is 0 Å². The van der Waals surface area contributed by atoms with Crippen molar-refractivity contribution in [1.29, 1.82) is 0 Å². The third-order valence-corrected chi connectivity index (χ3v) is 3.27. The molecule has 2 heteroatoms. The minimum Gasteiger partial charge on any atom is -0.384 e. The van der Waals surface area contributed by atoms with Crippen LogP contribution in [0.1, 0.15) is 25.8 Å². The fraction of sp³-hybridized carbons (Fsp3) is 0.462. The Bertz CT molecular complexity index is 365. The van der Waals surface area contributed by atoms with Crippen molar-refractivity contribution in [2.45, 2.75) is 20.3 Å². The van der Waals surface area contributed by atoms with Gasteiger partial charge >= 0.3 is 0 Å². The minimum absolute atomic E-state index is 0.487. The zero-order chi connectivity index (χ0) is 10.9. The van der Waals surface area contributed by atoms with E-state index in [1.807, 2.05) is 30.3 Å². The predicted molar refractivity (Wildman–Crippen MR) is 63.9 cm³/mol. The Labute approximate surface area is 91.2 Å². The molecular weight excluding hydrogens is 184 g/mol. The van der Waals surface area contributed by atoms with Crippen molar-refractivity contribution in [2.24, 2.45) is 22.1 Å². The number of nitrogens with two attached hydrogens (primary N) is 1. The highest BCUT2D eigenvalue weighted by Crippen LogP contribution is 2.51. The maximum absolute atomic E-state index is 5.91. The zero-order valence-electron chi connectivity index (χ0n) is 9.40. The van der Waals surface area contributed by atoms with Crippen molar-refractivity contribution in [3.63, 3.8) is 0 Å². The molecule has 0 radical (unpaired) electrons. The molecule has 1 unspecified atom stereocenters. The van der Waals surface area contributed by atoms with Gasteiger partial charge < -0.3 is 5.73 Å². The first-order chi connectivity index (χ1) is 7.09. The summed E-state index contributed by atoms with van der Waals surface area (Å²) in [6.07, 6.45) is 1.28. The molecule has 1 fully saturated rings. The highest BCUT2D eigenvalue weighted by Gasteiger charge is 2.44. The predicted octanol–water partition coefficient (Wildman–Crippen LogP) is 2.44. The van der Waals surface area contributed by atoms with Crippen molar-refractivity contribution in [3.8, 4) is 0 Å². The summed E-state index contributed by atoms with van der Waals surface area (Å²) >= 11 is 0. The topological polar surface area (TPSA) is 38.4 Å². The van der Waals surface area contributed by atoms with E-state index in [0.717, 1.165) is 18.0 Å². The Morgan fingerprint density at radius 2 is 2.00 bits per heavy atom. The fourth-order valence-electron chi connectivity index (χ4n) is 1.80. The first-order valence-corrected chi connectivity index (χ1v) is 5.45. The summed E-state index contributed by atoms with van der Waals surface area (Å²) in [6, 6.07) is 9.95. The molecule has 15 heavy (non-hydrogen) atoms. The lowest BCUT2D eigenvalue weighted by molar-refractivity contribution is 0.566. The van der Waals surface area contributed by atoms with Crippen LogP contribution in [-0.4, -0.2) is 12.4 Å². The van der Waals surface area contributed by atoms with Crippen LogP contribution in [0.3, 0.4) is 0 Å². The van der Waals surface area contributed by atoms with Crippen molar-refractivity contribution in [2.75, 3.05) is 6.54 Å². The Hall–Kier alpha value is -1.31. The standard InChI is InChI=1S/C13H18N2/c1-13(2)8-11(13)9-15-12(14)10-6-4-3-5-7-10/h3-7,11H,8-9H2,1-2H3,(H2,14,15). The van der Waals surface area contributed by atoms with Crippen LogP contribution in [0.15, 0.2) is 35.3 Å². The molecule has 0 heterocycles. The van der Waals surface area contributed by atoms with E-state index in [1.165, 1.54) is 6.42 Å². The highest BCUT2D eigenvalue weighted by molar-refractivity contribution is 5.97. The van der Waals surface area contributed by atoms with Gasteiger partial charge in [-0.15, -0.1) is 0 Å². The van der Waals surface area contributed by atoms with Crippen molar-refractivity contribution < 1.29 is 0 Å². The van der Waals surface area contributed by atoms with E-state index in [9.17, 15) is 0 Å². The number of amidine groups is 1. The van der Waals surface area contributed by atoms with Crippen LogP contribution in [0.2, 0.25) is 0 Å². The molecule has 0 aromatic heterocycles. The lowest BCUT2D eigenvalue weighted by Crippen LogP contribution is -2.14. The number of aliphatic imine (C=N–C) groups is 1. The average molecular weight is 202 g/mol. The van der Waals surface area contributed by atoms with Gasteiger partial charge in [0, 0.05) is 12.1 Å². The molecule has 80 valence electrons. The van der Waals surface area contributed by atoms with Crippen LogP contribution in [0.5, 0.6) is 0 Å². The lowest BCUT2D eigenvalue weighted by atomic mass is 10.1. The summed E-state index contributed by atoms with van der Waals surface area (Å²) in [5.74, 6) is 1.39. The minimum atomic E-state index is 0.487. The Kier molecular flexibility index (Phi) is 2.51. The van der Waals surface area contributed by atoms with Crippen LogP contribution in [0, 0.1) is 11.3 Å². The van der Waals surface area contributed by atoms with E-state index in [4.69, 9.17) is 5.73 Å². The number of rotatable bonds is 3. The maximum atomic E-state index is 5.91. The van der Waals surface area contributed by atoms with E-state index in [-0.39, 0.29) is 0 Å². The molecule has 1 atom stereocenters. The van der Waals surface area contributed by atoms with Gasteiger partial charge in [0.2, 0.25) is 0 Å². The Balaban J connectivity index is 1.97. The quantitative estimate of drug-likeness (QED) is 0.593. The van der Waals surface area contributed by atoms with Crippen LogP contribution in [-0.2, 0) is 0 Å².